The van der Waals surface area contributed by atoms with E-state index in [0.717, 1.165) is 18.0 Å². The van der Waals surface area contributed by atoms with Gasteiger partial charge in [-0.05, 0) is 11.8 Å². The second-order valence-electron chi connectivity index (χ2n) is 2.94. The summed E-state index contributed by atoms with van der Waals surface area (Å²) in [6, 6.07) is 1.28. The van der Waals surface area contributed by atoms with Crippen molar-refractivity contribution in [1.82, 2.24) is 19.9 Å². The third-order valence-electron chi connectivity index (χ3n) is 1.78. The Balaban J connectivity index is 2.32. The van der Waals surface area contributed by atoms with E-state index in [1.807, 2.05) is 0 Å². The van der Waals surface area contributed by atoms with E-state index in [2.05, 4.69) is 25.3 Å². The highest BCUT2D eigenvalue weighted by atomic mass is 32.2. The molecule has 0 atom stereocenters. The molecule has 0 aliphatic heterocycles. The third kappa shape index (κ3) is 2.78. The van der Waals surface area contributed by atoms with Gasteiger partial charge in [-0.2, -0.15) is 0 Å². The first kappa shape index (κ1) is 11.5. The predicted octanol–water partition coefficient (Wildman–Crippen LogP) is 0.892. The van der Waals surface area contributed by atoms with Crippen LogP contribution in [0.15, 0.2) is 33.4 Å². The van der Waals surface area contributed by atoms with Gasteiger partial charge in [0.25, 0.3) is 5.56 Å². The van der Waals surface area contributed by atoms with Crippen LogP contribution >= 0.6 is 11.8 Å². The molecule has 6 nitrogen and oxygen atoms in total. The first-order valence-electron chi connectivity index (χ1n) is 4.62. The average molecular weight is 253 g/mol. The van der Waals surface area contributed by atoms with Gasteiger partial charge in [0.05, 0.1) is 6.20 Å². The summed E-state index contributed by atoms with van der Waals surface area (Å²) in [4.78, 5) is 25.0. The zero-order valence-corrected chi connectivity index (χ0v) is 9.58. The van der Waals surface area contributed by atoms with Crippen molar-refractivity contribution in [2.45, 2.75) is 10.2 Å². The normalized spacial score (nSPS) is 10.2. The number of hydrogen-bond donors (Lipinski definition) is 2. The molecule has 0 aromatic carbocycles. The van der Waals surface area contributed by atoms with Crippen molar-refractivity contribution in [2.24, 2.45) is 0 Å². The molecule has 0 saturated carbocycles. The van der Waals surface area contributed by atoms with Gasteiger partial charge in [-0.25, -0.2) is 19.3 Å². The average Bonchev–Trinajstić information content (AvgIpc) is 2.32. The van der Waals surface area contributed by atoms with Crippen LogP contribution in [0.25, 0.3) is 0 Å². The lowest BCUT2D eigenvalue weighted by atomic mass is 10.6. The van der Waals surface area contributed by atoms with E-state index in [4.69, 9.17) is 0 Å². The van der Waals surface area contributed by atoms with Gasteiger partial charge in [-0.1, -0.05) is 0 Å². The van der Waals surface area contributed by atoms with Gasteiger partial charge in [-0.15, -0.1) is 0 Å². The van der Waals surface area contributed by atoms with Crippen molar-refractivity contribution in [2.75, 3.05) is 12.4 Å². The summed E-state index contributed by atoms with van der Waals surface area (Å²) in [6.07, 6.45) is 2.40. The number of rotatable bonds is 3. The molecule has 17 heavy (non-hydrogen) atoms. The fourth-order valence-electron chi connectivity index (χ4n) is 1.04. The summed E-state index contributed by atoms with van der Waals surface area (Å²) < 4.78 is 13.4. The topological polar surface area (TPSA) is 83.6 Å². The van der Waals surface area contributed by atoms with Gasteiger partial charge in [-0.3, -0.25) is 4.79 Å². The van der Waals surface area contributed by atoms with Gasteiger partial charge in [0, 0.05) is 19.3 Å². The van der Waals surface area contributed by atoms with Crippen LogP contribution in [0.3, 0.4) is 0 Å². The van der Waals surface area contributed by atoms with Gasteiger partial charge in [0.1, 0.15) is 5.03 Å². The van der Waals surface area contributed by atoms with Crippen LogP contribution < -0.4 is 10.9 Å². The molecule has 0 aliphatic carbocycles. The fraction of sp³-hybridized carbons (Fsp3) is 0.111. The SMILES string of the molecule is CNc1ncc(F)c(Sc2nccc(=O)[nH]2)n1. The second kappa shape index (κ2) is 4.91. The summed E-state index contributed by atoms with van der Waals surface area (Å²) in [7, 11) is 1.63. The Kier molecular flexibility index (Phi) is 3.33. The highest BCUT2D eigenvalue weighted by molar-refractivity contribution is 7.99. The Hall–Kier alpha value is -1.96. The highest BCUT2D eigenvalue weighted by Crippen LogP contribution is 2.24. The lowest BCUT2D eigenvalue weighted by Gasteiger charge is -2.03. The van der Waals surface area contributed by atoms with Crippen molar-refractivity contribution in [3.63, 3.8) is 0 Å². The zero-order valence-electron chi connectivity index (χ0n) is 8.77. The van der Waals surface area contributed by atoms with Crippen LogP contribution in [0.1, 0.15) is 0 Å². The molecule has 0 spiro atoms. The van der Waals surface area contributed by atoms with Crippen molar-refractivity contribution in [1.29, 1.82) is 0 Å². The molecule has 2 aromatic rings. The molecule has 2 heterocycles. The molecular weight excluding hydrogens is 245 g/mol. The molecule has 0 radical (unpaired) electrons. The van der Waals surface area contributed by atoms with E-state index < -0.39 is 5.82 Å². The Morgan fingerprint density at radius 3 is 3.00 bits per heavy atom. The monoisotopic (exact) mass is 253 g/mol. The predicted molar refractivity (Wildman–Crippen MR) is 60.5 cm³/mol. The van der Waals surface area contributed by atoms with Gasteiger partial charge in [0.2, 0.25) is 5.95 Å². The highest BCUT2D eigenvalue weighted by Gasteiger charge is 2.09. The van der Waals surface area contributed by atoms with Crippen LogP contribution in [-0.2, 0) is 0 Å². The number of anilines is 1. The molecule has 2 aromatic heterocycles. The summed E-state index contributed by atoms with van der Waals surface area (Å²) in [5, 5.41) is 3.07. The molecule has 0 bridgehead atoms. The maximum atomic E-state index is 13.4. The van der Waals surface area contributed by atoms with Crippen molar-refractivity contribution >= 4 is 17.7 Å². The van der Waals surface area contributed by atoms with Gasteiger partial charge < -0.3 is 10.3 Å². The molecule has 88 valence electrons. The summed E-state index contributed by atoms with van der Waals surface area (Å²) in [5.74, 6) is -0.271. The summed E-state index contributed by atoms with van der Waals surface area (Å²) >= 11 is 0.925. The van der Waals surface area contributed by atoms with E-state index >= 15 is 0 Å². The fourth-order valence-corrected chi connectivity index (χ4v) is 1.77. The standard InChI is InChI=1S/C9H8FN5OS/c1-11-8-13-4-5(10)7(15-8)17-9-12-3-2-6(16)14-9/h2-4H,1H3,(H,11,13,15)(H,12,14,16). The smallest absolute Gasteiger partial charge is 0.251 e. The number of aromatic amines is 1. The lowest BCUT2D eigenvalue weighted by molar-refractivity contribution is 0.579. The Morgan fingerprint density at radius 2 is 2.29 bits per heavy atom. The lowest BCUT2D eigenvalue weighted by Crippen LogP contribution is -2.06. The first-order valence-corrected chi connectivity index (χ1v) is 5.44. The minimum Gasteiger partial charge on any atom is -0.357 e. The van der Waals surface area contributed by atoms with Gasteiger partial charge >= 0.3 is 0 Å². The number of H-pyrrole nitrogens is 1. The Bertz CT molecular complexity index is 588. The maximum Gasteiger partial charge on any atom is 0.251 e. The minimum absolute atomic E-state index is 0.0960. The molecule has 0 unspecified atom stereocenters. The van der Waals surface area contributed by atoms with E-state index in [0.29, 0.717) is 5.95 Å². The van der Waals surface area contributed by atoms with E-state index in [1.54, 1.807) is 7.05 Å². The van der Waals surface area contributed by atoms with Crippen molar-refractivity contribution < 1.29 is 4.39 Å². The summed E-state index contributed by atoms with van der Waals surface area (Å²) in [6.45, 7) is 0. The van der Waals surface area contributed by atoms with Crippen LogP contribution in [0.4, 0.5) is 10.3 Å². The first-order chi connectivity index (χ1) is 8.19. The van der Waals surface area contributed by atoms with E-state index in [1.165, 1.54) is 12.3 Å². The second-order valence-corrected chi connectivity index (χ2v) is 3.92. The van der Waals surface area contributed by atoms with Crippen LogP contribution in [0.2, 0.25) is 0 Å². The number of nitrogens with one attached hydrogen (secondary N) is 2. The maximum absolute atomic E-state index is 13.4. The number of halogens is 1. The molecule has 2 rings (SSSR count). The van der Waals surface area contributed by atoms with Crippen molar-refractivity contribution in [3.05, 3.63) is 34.6 Å². The van der Waals surface area contributed by atoms with Crippen LogP contribution in [0.5, 0.6) is 0 Å². The molecule has 0 aliphatic rings. The molecule has 2 N–H and O–H groups in total. The van der Waals surface area contributed by atoms with Crippen LogP contribution in [-0.4, -0.2) is 27.0 Å². The molecule has 8 heteroatoms. The Morgan fingerprint density at radius 1 is 1.47 bits per heavy atom. The summed E-state index contributed by atoms with van der Waals surface area (Å²) in [5.41, 5.74) is -0.300. The van der Waals surface area contributed by atoms with Gasteiger partial charge in [0.15, 0.2) is 11.0 Å². The quantitative estimate of drug-likeness (QED) is 0.624. The molecule has 0 amide bonds. The van der Waals surface area contributed by atoms with Crippen LogP contribution in [0, 0.1) is 5.82 Å². The van der Waals surface area contributed by atoms with E-state index in [-0.39, 0.29) is 15.7 Å². The molecule has 0 fully saturated rings. The minimum atomic E-state index is -0.569. The molecular formula is C9H8FN5OS. The zero-order chi connectivity index (χ0) is 12.3. The van der Waals surface area contributed by atoms with E-state index in [9.17, 15) is 9.18 Å². The number of nitrogens with zero attached hydrogens (tertiary/aromatic N) is 3. The number of aromatic nitrogens is 4. The molecule has 0 saturated heterocycles. The third-order valence-corrected chi connectivity index (χ3v) is 2.66. The number of hydrogen-bond acceptors (Lipinski definition) is 6. The largest absolute Gasteiger partial charge is 0.357 e. The Labute approximate surface area is 99.7 Å². The van der Waals surface area contributed by atoms with Crippen molar-refractivity contribution in [3.8, 4) is 0 Å².